The van der Waals surface area contributed by atoms with Gasteiger partial charge < -0.3 is 15.0 Å². The van der Waals surface area contributed by atoms with Crippen molar-refractivity contribution >= 4 is 11.7 Å². The molecule has 3 rings (SSSR count). The Morgan fingerprint density at radius 1 is 1.12 bits per heavy atom. The van der Waals surface area contributed by atoms with Crippen molar-refractivity contribution in [3.8, 4) is 17.1 Å². The van der Waals surface area contributed by atoms with E-state index < -0.39 is 42.6 Å². The third-order valence-corrected chi connectivity index (χ3v) is 4.61. The Labute approximate surface area is 177 Å². The first kappa shape index (κ1) is 23.5. The lowest BCUT2D eigenvalue weighted by Gasteiger charge is -2.46. The molecule has 1 amide bonds. The number of amides is 1. The Bertz CT molecular complexity index is 953. The van der Waals surface area contributed by atoms with Gasteiger partial charge in [-0.2, -0.15) is 0 Å². The monoisotopic (exact) mass is 465 g/mol. The first-order valence-electron chi connectivity index (χ1n) is 9.18. The third-order valence-electron chi connectivity index (χ3n) is 4.61. The van der Waals surface area contributed by atoms with E-state index in [2.05, 4.69) is 29.7 Å². The molecule has 3 heterocycles. The molecule has 0 bridgehead atoms. The second kappa shape index (κ2) is 8.76. The highest BCUT2D eigenvalue weighted by atomic mass is 19.4. The SMILES string of the molecule is C[C@@H](Nc1cc(-c2ccc(OC(F)(F)F)cn2)ncn1)C(=O)N1C[C@H](OC(F)(F)F)[C@@H]1C. The summed E-state index contributed by atoms with van der Waals surface area (Å²) < 4.78 is 81.4. The van der Waals surface area contributed by atoms with Crippen LogP contribution in [-0.2, 0) is 9.53 Å². The molecule has 1 aliphatic rings. The van der Waals surface area contributed by atoms with Crippen molar-refractivity contribution in [2.75, 3.05) is 11.9 Å². The van der Waals surface area contributed by atoms with Crippen molar-refractivity contribution < 1.29 is 40.6 Å². The lowest BCUT2D eigenvalue weighted by Crippen LogP contribution is -2.64. The van der Waals surface area contributed by atoms with Crippen molar-refractivity contribution in [1.29, 1.82) is 0 Å². The van der Waals surface area contributed by atoms with Crippen LogP contribution in [-0.4, -0.2) is 63.2 Å². The summed E-state index contributed by atoms with van der Waals surface area (Å²) in [7, 11) is 0. The van der Waals surface area contributed by atoms with Gasteiger partial charge in [0.15, 0.2) is 0 Å². The number of hydrogen-bond donors (Lipinski definition) is 1. The van der Waals surface area contributed by atoms with Crippen LogP contribution in [0.15, 0.2) is 30.7 Å². The molecule has 1 fully saturated rings. The zero-order chi connectivity index (χ0) is 23.7. The zero-order valence-corrected chi connectivity index (χ0v) is 16.6. The summed E-state index contributed by atoms with van der Waals surface area (Å²) in [5, 5.41) is 2.82. The molecule has 32 heavy (non-hydrogen) atoms. The van der Waals surface area contributed by atoms with Crippen LogP contribution < -0.4 is 10.1 Å². The van der Waals surface area contributed by atoms with Gasteiger partial charge in [-0.05, 0) is 26.0 Å². The van der Waals surface area contributed by atoms with E-state index in [9.17, 15) is 31.1 Å². The molecule has 0 aliphatic carbocycles. The Hall–Kier alpha value is -3.16. The maximum Gasteiger partial charge on any atom is 0.573 e. The molecule has 2 aromatic rings. The van der Waals surface area contributed by atoms with Gasteiger partial charge in [0.1, 0.15) is 30.0 Å². The number of hydrogen-bond acceptors (Lipinski definition) is 7. The van der Waals surface area contributed by atoms with Gasteiger partial charge >= 0.3 is 12.7 Å². The molecule has 174 valence electrons. The lowest BCUT2D eigenvalue weighted by molar-refractivity contribution is -0.359. The van der Waals surface area contributed by atoms with Gasteiger partial charge in [-0.1, -0.05) is 0 Å². The summed E-state index contributed by atoms with van der Waals surface area (Å²) in [5.41, 5.74) is 0.490. The van der Waals surface area contributed by atoms with E-state index in [1.165, 1.54) is 30.9 Å². The summed E-state index contributed by atoms with van der Waals surface area (Å²) in [5.74, 6) is -0.736. The summed E-state index contributed by atoms with van der Waals surface area (Å²) in [4.78, 5) is 25.6. The molecule has 3 atom stereocenters. The molecule has 0 spiro atoms. The van der Waals surface area contributed by atoms with E-state index in [1.807, 2.05) is 0 Å². The molecule has 0 saturated carbocycles. The molecule has 1 saturated heterocycles. The molecule has 8 nitrogen and oxygen atoms in total. The minimum absolute atomic E-state index is 0.198. The standard InChI is InChI=1S/C18H17F6N5O3/c1-9(16(30)29-7-14(10(29)2)32-18(22,23)24)28-15-5-13(26-8-27-15)12-4-3-11(6-25-12)31-17(19,20)21/h3-6,8-10,14H,7H2,1-2H3,(H,26,27,28)/t9-,10+,14+/m1/s1. The number of alkyl halides is 6. The van der Waals surface area contributed by atoms with Crippen LogP contribution in [0.1, 0.15) is 13.8 Å². The highest BCUT2D eigenvalue weighted by molar-refractivity contribution is 5.85. The van der Waals surface area contributed by atoms with Gasteiger partial charge in [0.25, 0.3) is 0 Å². The fourth-order valence-corrected chi connectivity index (χ4v) is 3.01. The fourth-order valence-electron chi connectivity index (χ4n) is 3.01. The van der Waals surface area contributed by atoms with Gasteiger partial charge in [-0.3, -0.25) is 14.5 Å². The minimum atomic E-state index is -4.84. The number of likely N-dealkylation sites (tertiary alicyclic amines) is 1. The first-order chi connectivity index (χ1) is 14.8. The predicted octanol–water partition coefficient (Wildman–Crippen LogP) is 3.37. The number of ether oxygens (including phenoxy) is 2. The largest absolute Gasteiger partial charge is 0.573 e. The average molecular weight is 465 g/mol. The van der Waals surface area contributed by atoms with Gasteiger partial charge in [0, 0.05) is 12.6 Å². The smallest absolute Gasteiger partial charge is 0.404 e. The van der Waals surface area contributed by atoms with Gasteiger partial charge in [-0.15, -0.1) is 26.3 Å². The molecular weight excluding hydrogens is 448 g/mol. The number of rotatable bonds is 6. The van der Waals surface area contributed by atoms with Crippen LogP contribution in [0, 0.1) is 0 Å². The fraction of sp³-hybridized carbons (Fsp3) is 0.444. The van der Waals surface area contributed by atoms with Crippen LogP contribution in [0.25, 0.3) is 11.4 Å². The molecule has 1 N–H and O–H groups in total. The minimum Gasteiger partial charge on any atom is -0.404 e. The molecular formula is C18H17F6N5O3. The quantitative estimate of drug-likeness (QED) is 0.655. The van der Waals surface area contributed by atoms with Crippen molar-refractivity contribution in [1.82, 2.24) is 19.9 Å². The van der Waals surface area contributed by atoms with Crippen LogP contribution >= 0.6 is 0 Å². The van der Waals surface area contributed by atoms with Crippen LogP contribution in [0.4, 0.5) is 32.2 Å². The number of halogens is 6. The van der Waals surface area contributed by atoms with E-state index in [-0.39, 0.29) is 23.8 Å². The van der Waals surface area contributed by atoms with Gasteiger partial charge in [0.2, 0.25) is 5.91 Å². The van der Waals surface area contributed by atoms with Crippen LogP contribution in [0.5, 0.6) is 5.75 Å². The predicted molar refractivity (Wildman–Crippen MR) is 97.1 cm³/mol. The zero-order valence-electron chi connectivity index (χ0n) is 16.6. The molecule has 14 heteroatoms. The topological polar surface area (TPSA) is 89.5 Å². The van der Waals surface area contributed by atoms with Crippen LogP contribution in [0.3, 0.4) is 0 Å². The van der Waals surface area contributed by atoms with E-state index in [4.69, 9.17) is 0 Å². The summed E-state index contributed by atoms with van der Waals surface area (Å²) in [6.07, 6.45) is -8.71. The lowest BCUT2D eigenvalue weighted by atomic mass is 10.00. The number of pyridine rings is 1. The van der Waals surface area contributed by atoms with Crippen LogP contribution in [0.2, 0.25) is 0 Å². The maximum absolute atomic E-state index is 12.5. The Kier molecular flexibility index (Phi) is 6.44. The van der Waals surface area contributed by atoms with Crippen molar-refractivity contribution in [3.63, 3.8) is 0 Å². The highest BCUT2D eigenvalue weighted by Crippen LogP contribution is 2.29. The second-order valence-electron chi connectivity index (χ2n) is 6.91. The van der Waals surface area contributed by atoms with E-state index >= 15 is 0 Å². The number of nitrogens with one attached hydrogen (secondary N) is 1. The number of carbonyl (C=O) groups is 1. The first-order valence-corrected chi connectivity index (χ1v) is 9.18. The molecule has 0 radical (unpaired) electrons. The number of carbonyl (C=O) groups excluding carboxylic acids is 1. The van der Waals surface area contributed by atoms with Crippen molar-refractivity contribution in [2.24, 2.45) is 0 Å². The summed E-state index contributed by atoms with van der Waals surface area (Å²) in [6, 6.07) is 2.18. The van der Waals surface area contributed by atoms with E-state index in [0.717, 1.165) is 18.6 Å². The van der Waals surface area contributed by atoms with E-state index in [1.54, 1.807) is 0 Å². The average Bonchev–Trinajstić information content (AvgIpc) is 2.69. The van der Waals surface area contributed by atoms with E-state index in [0.29, 0.717) is 0 Å². The molecule has 2 aromatic heterocycles. The van der Waals surface area contributed by atoms with Gasteiger partial charge in [-0.25, -0.2) is 9.97 Å². The third kappa shape index (κ3) is 5.96. The van der Waals surface area contributed by atoms with Crippen molar-refractivity contribution in [2.45, 2.75) is 44.8 Å². The number of nitrogens with zero attached hydrogens (tertiary/aromatic N) is 4. The maximum atomic E-state index is 12.5. The Morgan fingerprint density at radius 3 is 2.41 bits per heavy atom. The Morgan fingerprint density at radius 2 is 1.84 bits per heavy atom. The molecule has 1 aliphatic heterocycles. The summed E-state index contributed by atoms with van der Waals surface area (Å²) in [6.45, 7) is 2.76. The highest BCUT2D eigenvalue weighted by Gasteiger charge is 2.46. The molecule has 0 aromatic carbocycles. The molecule has 0 unspecified atom stereocenters. The van der Waals surface area contributed by atoms with Gasteiger partial charge in [0.05, 0.1) is 23.6 Å². The summed E-state index contributed by atoms with van der Waals surface area (Å²) >= 11 is 0. The number of aromatic nitrogens is 3. The Balaban J connectivity index is 1.61. The van der Waals surface area contributed by atoms with Crippen molar-refractivity contribution in [3.05, 3.63) is 30.7 Å². The normalized spacial score (nSPS) is 19.8. The second-order valence-corrected chi connectivity index (χ2v) is 6.91. The number of anilines is 1.